The number of furan rings is 1. The molecule has 4 aromatic rings. The second kappa shape index (κ2) is 7.42. The minimum Gasteiger partial charge on any atom is -0.504 e. The summed E-state index contributed by atoms with van der Waals surface area (Å²) in [7, 11) is 1.67. The smallest absolute Gasteiger partial charge is 0.165 e. The first-order valence-electron chi connectivity index (χ1n) is 9.90. The lowest BCUT2D eigenvalue weighted by molar-refractivity contribution is 0.230. The summed E-state index contributed by atoms with van der Waals surface area (Å²) in [5, 5.41) is 23.4. The molecule has 150 valence electrons. The van der Waals surface area contributed by atoms with E-state index >= 15 is 0 Å². The number of aromatic hydroxyl groups is 1. The van der Waals surface area contributed by atoms with E-state index in [2.05, 4.69) is 20.4 Å². The Morgan fingerprint density at radius 3 is 2.79 bits per heavy atom. The number of ether oxygens (including phenoxy) is 1. The molecule has 0 spiro atoms. The molecule has 2 aromatic carbocycles. The second-order valence-electron chi connectivity index (χ2n) is 7.42. The summed E-state index contributed by atoms with van der Waals surface area (Å²) in [6.45, 7) is 4.61. The maximum Gasteiger partial charge on any atom is 0.165 e. The van der Waals surface area contributed by atoms with Gasteiger partial charge in [0, 0.05) is 38.1 Å². The maximum atomic E-state index is 10.9. The zero-order chi connectivity index (χ0) is 19.8. The van der Waals surface area contributed by atoms with Gasteiger partial charge in [0.15, 0.2) is 11.5 Å². The molecule has 1 aliphatic heterocycles. The highest BCUT2D eigenvalue weighted by Gasteiger charge is 2.22. The number of hydrogen-bond acceptors (Lipinski definition) is 6. The highest BCUT2D eigenvalue weighted by molar-refractivity contribution is 5.90. The van der Waals surface area contributed by atoms with Crippen LogP contribution in [0.5, 0.6) is 11.5 Å². The molecule has 0 aliphatic carbocycles. The zero-order valence-electron chi connectivity index (χ0n) is 16.4. The Morgan fingerprint density at radius 2 is 1.97 bits per heavy atom. The SMILES string of the molecule is COc1ccc2c(O)c(Cc3[nH]nc4ccccc34)oc2c1CN1CCNCC1. The highest BCUT2D eigenvalue weighted by atomic mass is 16.5. The molecular weight excluding hydrogens is 368 g/mol. The number of fused-ring (bicyclic) bond motifs is 2. The molecule has 3 N–H and O–H groups in total. The Labute approximate surface area is 168 Å². The third-order valence-electron chi connectivity index (χ3n) is 5.65. The molecule has 0 amide bonds. The first-order valence-corrected chi connectivity index (χ1v) is 9.90. The summed E-state index contributed by atoms with van der Waals surface area (Å²) in [5.74, 6) is 1.50. The number of methoxy groups -OCH3 is 1. The fraction of sp³-hybridized carbons (Fsp3) is 0.318. The van der Waals surface area contributed by atoms with E-state index in [9.17, 15) is 5.11 Å². The Morgan fingerprint density at radius 1 is 1.14 bits per heavy atom. The van der Waals surface area contributed by atoms with Gasteiger partial charge in [-0.15, -0.1) is 0 Å². The van der Waals surface area contributed by atoms with Gasteiger partial charge in [-0.25, -0.2) is 0 Å². The van der Waals surface area contributed by atoms with Gasteiger partial charge in [0.1, 0.15) is 11.3 Å². The Bertz CT molecular complexity index is 1160. The number of piperazine rings is 1. The van der Waals surface area contributed by atoms with Crippen LogP contribution in [0, 0.1) is 0 Å². The van der Waals surface area contributed by atoms with Crippen LogP contribution in [-0.2, 0) is 13.0 Å². The van der Waals surface area contributed by atoms with E-state index in [-0.39, 0.29) is 5.75 Å². The van der Waals surface area contributed by atoms with Crippen molar-refractivity contribution < 1.29 is 14.3 Å². The lowest BCUT2D eigenvalue weighted by Crippen LogP contribution is -2.42. The van der Waals surface area contributed by atoms with Gasteiger partial charge in [-0.3, -0.25) is 10.00 Å². The fourth-order valence-electron chi connectivity index (χ4n) is 4.10. The average Bonchev–Trinajstić information content (AvgIpc) is 3.31. The normalized spacial score (nSPS) is 15.3. The summed E-state index contributed by atoms with van der Waals surface area (Å²) >= 11 is 0. The summed E-state index contributed by atoms with van der Waals surface area (Å²) in [5.41, 5.74) is 3.49. The first kappa shape index (κ1) is 18.0. The van der Waals surface area contributed by atoms with Crippen LogP contribution in [0.2, 0.25) is 0 Å². The third-order valence-corrected chi connectivity index (χ3v) is 5.65. The molecule has 7 heteroatoms. The van der Waals surface area contributed by atoms with Crippen molar-refractivity contribution in [3.8, 4) is 11.5 Å². The van der Waals surface area contributed by atoms with E-state index in [0.29, 0.717) is 17.8 Å². The number of aromatic amines is 1. The molecule has 0 unspecified atom stereocenters. The number of H-pyrrole nitrogens is 1. The topological polar surface area (TPSA) is 86.5 Å². The van der Waals surface area contributed by atoms with Crippen molar-refractivity contribution in [3.05, 3.63) is 53.4 Å². The maximum absolute atomic E-state index is 10.9. The van der Waals surface area contributed by atoms with E-state index in [1.165, 1.54) is 0 Å². The van der Waals surface area contributed by atoms with Crippen LogP contribution >= 0.6 is 0 Å². The van der Waals surface area contributed by atoms with Crippen LogP contribution in [0.3, 0.4) is 0 Å². The number of rotatable bonds is 5. The zero-order valence-corrected chi connectivity index (χ0v) is 16.4. The van der Waals surface area contributed by atoms with E-state index in [1.807, 2.05) is 36.4 Å². The predicted molar refractivity (Wildman–Crippen MR) is 111 cm³/mol. The lowest BCUT2D eigenvalue weighted by Gasteiger charge is -2.27. The van der Waals surface area contributed by atoms with Gasteiger partial charge in [-0.1, -0.05) is 18.2 Å². The van der Waals surface area contributed by atoms with Gasteiger partial charge >= 0.3 is 0 Å². The molecular formula is C22H24N4O3. The summed E-state index contributed by atoms with van der Waals surface area (Å²) < 4.78 is 11.8. The van der Waals surface area contributed by atoms with Gasteiger partial charge in [0.25, 0.3) is 0 Å². The van der Waals surface area contributed by atoms with Crippen LogP contribution in [0.25, 0.3) is 21.9 Å². The van der Waals surface area contributed by atoms with E-state index < -0.39 is 0 Å². The molecule has 5 rings (SSSR count). The Hall–Kier alpha value is -3.03. The second-order valence-corrected chi connectivity index (χ2v) is 7.42. The number of hydrogen-bond donors (Lipinski definition) is 3. The van der Waals surface area contributed by atoms with E-state index in [1.54, 1.807) is 7.11 Å². The standard InChI is InChI=1S/C22H24N4O3/c1-28-19-7-6-15-21(27)20(12-18-14-4-2-3-5-17(14)24-25-18)29-22(15)16(19)13-26-10-8-23-9-11-26/h2-7,23,27H,8-13H2,1H3,(H,24,25). The molecule has 0 radical (unpaired) electrons. The average molecular weight is 392 g/mol. The quantitative estimate of drug-likeness (QED) is 0.484. The van der Waals surface area contributed by atoms with Crippen molar-refractivity contribution in [1.82, 2.24) is 20.4 Å². The molecule has 0 bridgehead atoms. The van der Waals surface area contributed by atoms with Crippen LogP contribution in [0.1, 0.15) is 17.0 Å². The number of para-hydroxylation sites is 1. The molecule has 0 saturated carbocycles. The third kappa shape index (κ3) is 3.22. The molecule has 1 fully saturated rings. The molecule has 29 heavy (non-hydrogen) atoms. The van der Waals surface area contributed by atoms with Crippen molar-refractivity contribution in [2.75, 3.05) is 33.3 Å². The van der Waals surface area contributed by atoms with Crippen molar-refractivity contribution in [2.24, 2.45) is 0 Å². The lowest BCUT2D eigenvalue weighted by atomic mass is 10.1. The van der Waals surface area contributed by atoms with Crippen LogP contribution < -0.4 is 10.1 Å². The molecule has 1 aliphatic rings. The predicted octanol–water partition coefficient (Wildman–Crippen LogP) is 3.02. The Kier molecular flexibility index (Phi) is 4.61. The molecule has 1 saturated heterocycles. The molecule has 3 heterocycles. The monoisotopic (exact) mass is 392 g/mol. The van der Waals surface area contributed by atoms with Crippen LogP contribution in [0.15, 0.2) is 40.8 Å². The van der Waals surface area contributed by atoms with E-state index in [0.717, 1.165) is 66.0 Å². The first-order chi connectivity index (χ1) is 14.2. The highest BCUT2D eigenvalue weighted by Crippen LogP contribution is 2.39. The van der Waals surface area contributed by atoms with Gasteiger partial charge < -0.3 is 19.6 Å². The number of nitrogens with one attached hydrogen (secondary N) is 2. The van der Waals surface area contributed by atoms with Gasteiger partial charge in [-0.05, 0) is 18.2 Å². The van der Waals surface area contributed by atoms with Crippen molar-refractivity contribution >= 4 is 21.9 Å². The van der Waals surface area contributed by atoms with Crippen LogP contribution in [-0.4, -0.2) is 53.5 Å². The minimum absolute atomic E-state index is 0.183. The molecule has 7 nitrogen and oxygen atoms in total. The van der Waals surface area contributed by atoms with Crippen molar-refractivity contribution in [1.29, 1.82) is 0 Å². The summed E-state index contributed by atoms with van der Waals surface area (Å²) in [4.78, 5) is 2.37. The van der Waals surface area contributed by atoms with Crippen molar-refractivity contribution in [2.45, 2.75) is 13.0 Å². The molecule has 2 aromatic heterocycles. The summed E-state index contributed by atoms with van der Waals surface area (Å²) in [6, 6.07) is 11.7. The van der Waals surface area contributed by atoms with Crippen molar-refractivity contribution in [3.63, 3.8) is 0 Å². The van der Waals surface area contributed by atoms with Gasteiger partial charge in [0.2, 0.25) is 0 Å². The fourth-order valence-corrected chi connectivity index (χ4v) is 4.10. The van der Waals surface area contributed by atoms with E-state index in [4.69, 9.17) is 9.15 Å². The minimum atomic E-state index is 0.183. The number of benzene rings is 2. The van der Waals surface area contributed by atoms with Gasteiger partial charge in [-0.2, -0.15) is 5.10 Å². The summed E-state index contributed by atoms with van der Waals surface area (Å²) in [6.07, 6.45) is 0.441. The number of nitrogens with zero attached hydrogens (tertiary/aromatic N) is 2. The molecule has 0 atom stereocenters. The largest absolute Gasteiger partial charge is 0.504 e. The number of aromatic nitrogens is 2. The van der Waals surface area contributed by atoms with Gasteiger partial charge in [0.05, 0.1) is 35.7 Å². The van der Waals surface area contributed by atoms with Crippen LogP contribution in [0.4, 0.5) is 0 Å². The Balaban J connectivity index is 1.55.